The van der Waals surface area contributed by atoms with Crippen LogP contribution in [0.3, 0.4) is 0 Å². The molecule has 128 valence electrons. The largest absolute Gasteiger partial charge is 0.481 e. The molecule has 0 radical (unpaired) electrons. The Balaban J connectivity index is 0.00000264. The highest BCUT2D eigenvalue weighted by atomic mass is 35.5. The number of nitrogens with one attached hydrogen (secondary N) is 1. The number of aliphatic carboxylic acids is 1. The average molecular weight is 383 g/mol. The van der Waals surface area contributed by atoms with Crippen molar-refractivity contribution in [2.45, 2.75) is 11.3 Å². The molecule has 23 heavy (non-hydrogen) atoms. The Morgan fingerprint density at radius 1 is 1.39 bits per heavy atom. The summed E-state index contributed by atoms with van der Waals surface area (Å²) in [5.41, 5.74) is 0.0454. The lowest BCUT2D eigenvalue weighted by Crippen LogP contribution is -2.30. The molecule has 1 saturated heterocycles. The molecule has 1 aromatic carbocycles. The molecule has 10 heteroatoms. The van der Waals surface area contributed by atoms with E-state index in [9.17, 15) is 18.0 Å². The molecule has 1 aliphatic heterocycles. The average Bonchev–Trinajstić information content (AvgIpc) is 2.97. The second-order valence-corrected chi connectivity index (χ2v) is 7.22. The zero-order chi connectivity index (χ0) is 16.5. The first-order valence-corrected chi connectivity index (χ1v) is 8.37. The molecule has 1 unspecified atom stereocenters. The number of nitrogens with zero attached hydrogens (tertiary/aromatic N) is 1. The van der Waals surface area contributed by atoms with E-state index in [4.69, 9.17) is 16.7 Å². The van der Waals surface area contributed by atoms with Gasteiger partial charge in [-0.3, -0.25) is 9.59 Å². The van der Waals surface area contributed by atoms with Crippen LogP contribution in [0.4, 0.5) is 0 Å². The zero-order valence-electron chi connectivity index (χ0n) is 12.2. The van der Waals surface area contributed by atoms with Crippen molar-refractivity contribution in [3.63, 3.8) is 0 Å². The Bertz CT molecular complexity index is 723. The van der Waals surface area contributed by atoms with Crippen LogP contribution in [-0.2, 0) is 14.8 Å². The van der Waals surface area contributed by atoms with Crippen LogP contribution < -0.4 is 4.72 Å². The second-order valence-electron chi connectivity index (χ2n) is 4.92. The van der Waals surface area contributed by atoms with E-state index >= 15 is 0 Å². The molecule has 1 atom stereocenters. The smallest absolute Gasteiger partial charge is 0.308 e. The number of hydrogen-bond acceptors (Lipinski definition) is 4. The van der Waals surface area contributed by atoms with Crippen LogP contribution in [0.15, 0.2) is 23.1 Å². The Kier molecular flexibility index (Phi) is 6.41. The minimum Gasteiger partial charge on any atom is -0.481 e. The summed E-state index contributed by atoms with van der Waals surface area (Å²) in [6, 6.07) is 3.84. The van der Waals surface area contributed by atoms with Gasteiger partial charge < -0.3 is 10.0 Å². The highest BCUT2D eigenvalue weighted by molar-refractivity contribution is 7.89. The Hall–Kier alpha value is -1.35. The molecule has 1 aromatic rings. The Morgan fingerprint density at radius 3 is 2.57 bits per heavy atom. The highest BCUT2D eigenvalue weighted by Crippen LogP contribution is 2.25. The van der Waals surface area contributed by atoms with Crippen molar-refractivity contribution in [2.24, 2.45) is 5.92 Å². The first-order valence-electron chi connectivity index (χ1n) is 6.51. The first kappa shape index (κ1) is 19.7. The van der Waals surface area contributed by atoms with Crippen LogP contribution in [-0.4, -0.2) is 50.4 Å². The number of amides is 1. The fourth-order valence-corrected chi connectivity index (χ4v) is 3.22. The lowest BCUT2D eigenvalue weighted by molar-refractivity contribution is -0.141. The number of halogens is 2. The van der Waals surface area contributed by atoms with E-state index in [1.54, 1.807) is 0 Å². The standard InChI is InChI=1S/C13H15ClN2O5S.ClH/c1-15-22(20,21)9-2-3-11(14)10(6-9)12(17)16-5-4-8(7-16)13(18)19;/h2-3,6,8,15H,4-5,7H2,1H3,(H,18,19);1H. The molecule has 2 rings (SSSR count). The molecule has 1 fully saturated rings. The van der Waals surface area contributed by atoms with Crippen LogP contribution in [0, 0.1) is 5.92 Å². The topological polar surface area (TPSA) is 104 Å². The van der Waals surface area contributed by atoms with Crippen molar-refractivity contribution in [3.8, 4) is 0 Å². The van der Waals surface area contributed by atoms with Gasteiger partial charge in [-0.05, 0) is 31.7 Å². The summed E-state index contributed by atoms with van der Waals surface area (Å²) in [5.74, 6) is -2.03. The van der Waals surface area contributed by atoms with Gasteiger partial charge in [-0.15, -0.1) is 12.4 Å². The normalized spacial score (nSPS) is 17.7. The maximum absolute atomic E-state index is 12.4. The molecule has 0 spiro atoms. The van der Waals surface area contributed by atoms with Crippen molar-refractivity contribution < 1.29 is 23.1 Å². The maximum atomic E-state index is 12.4. The molecule has 0 bridgehead atoms. The van der Waals surface area contributed by atoms with E-state index in [-0.39, 0.29) is 34.4 Å². The number of sulfonamides is 1. The van der Waals surface area contributed by atoms with Crippen LogP contribution >= 0.6 is 24.0 Å². The molecule has 0 saturated carbocycles. The quantitative estimate of drug-likeness (QED) is 0.814. The van der Waals surface area contributed by atoms with Gasteiger partial charge in [0.15, 0.2) is 0 Å². The third-order valence-corrected chi connectivity index (χ3v) is 5.31. The molecule has 1 amide bonds. The lowest BCUT2D eigenvalue weighted by Gasteiger charge is -2.17. The third kappa shape index (κ3) is 4.14. The van der Waals surface area contributed by atoms with Crippen LogP contribution in [0.5, 0.6) is 0 Å². The van der Waals surface area contributed by atoms with Gasteiger partial charge in [0.1, 0.15) is 0 Å². The van der Waals surface area contributed by atoms with Crippen LogP contribution in [0.2, 0.25) is 5.02 Å². The van der Waals surface area contributed by atoms with Crippen LogP contribution in [0.1, 0.15) is 16.8 Å². The number of carbonyl (C=O) groups excluding carboxylic acids is 1. The van der Waals surface area contributed by atoms with Crippen LogP contribution in [0.25, 0.3) is 0 Å². The van der Waals surface area contributed by atoms with Gasteiger partial charge >= 0.3 is 5.97 Å². The molecular formula is C13H16Cl2N2O5S. The summed E-state index contributed by atoms with van der Waals surface area (Å²) in [7, 11) is -2.42. The molecule has 7 nitrogen and oxygen atoms in total. The van der Waals surface area contributed by atoms with E-state index in [1.807, 2.05) is 0 Å². The Morgan fingerprint density at radius 2 is 2.04 bits per heavy atom. The summed E-state index contributed by atoms with van der Waals surface area (Å²) >= 11 is 5.98. The number of carbonyl (C=O) groups is 2. The molecular weight excluding hydrogens is 367 g/mol. The summed E-state index contributed by atoms with van der Waals surface area (Å²) in [6.07, 6.45) is 0.368. The van der Waals surface area contributed by atoms with Gasteiger partial charge in [0.05, 0.1) is 21.4 Å². The van der Waals surface area contributed by atoms with Gasteiger partial charge in [-0.25, -0.2) is 13.1 Å². The van der Waals surface area contributed by atoms with E-state index in [2.05, 4.69) is 4.72 Å². The highest BCUT2D eigenvalue weighted by Gasteiger charge is 2.32. The SMILES string of the molecule is CNS(=O)(=O)c1ccc(Cl)c(C(=O)N2CCC(C(=O)O)C2)c1.Cl. The lowest BCUT2D eigenvalue weighted by atomic mass is 10.1. The van der Waals surface area contributed by atoms with E-state index in [0.717, 1.165) is 0 Å². The first-order chi connectivity index (χ1) is 10.3. The van der Waals surface area contributed by atoms with Crippen molar-refractivity contribution in [1.29, 1.82) is 0 Å². The van der Waals surface area contributed by atoms with Crippen molar-refractivity contribution in [2.75, 3.05) is 20.1 Å². The van der Waals surface area contributed by atoms with E-state index in [0.29, 0.717) is 13.0 Å². The van der Waals surface area contributed by atoms with Gasteiger partial charge in [-0.1, -0.05) is 11.6 Å². The van der Waals surface area contributed by atoms with Gasteiger partial charge in [0.2, 0.25) is 10.0 Å². The number of benzene rings is 1. The van der Waals surface area contributed by atoms with E-state index in [1.165, 1.54) is 30.1 Å². The van der Waals surface area contributed by atoms with Gasteiger partial charge in [-0.2, -0.15) is 0 Å². The zero-order valence-corrected chi connectivity index (χ0v) is 14.5. The number of rotatable bonds is 4. The number of likely N-dealkylation sites (tertiary alicyclic amines) is 1. The van der Waals surface area contributed by atoms with Crippen molar-refractivity contribution in [1.82, 2.24) is 9.62 Å². The fourth-order valence-electron chi connectivity index (χ4n) is 2.27. The van der Waals surface area contributed by atoms with Gasteiger partial charge in [0, 0.05) is 13.1 Å². The molecule has 0 aliphatic carbocycles. The molecule has 1 heterocycles. The second kappa shape index (κ2) is 7.48. The fraction of sp³-hybridized carbons (Fsp3) is 0.385. The summed E-state index contributed by atoms with van der Waals surface area (Å²) in [4.78, 5) is 24.7. The third-order valence-electron chi connectivity index (χ3n) is 3.57. The van der Waals surface area contributed by atoms with Gasteiger partial charge in [0.25, 0.3) is 5.91 Å². The summed E-state index contributed by atoms with van der Waals surface area (Å²) in [6.45, 7) is 0.392. The van der Waals surface area contributed by atoms with E-state index < -0.39 is 27.8 Å². The maximum Gasteiger partial charge on any atom is 0.308 e. The predicted octanol–water partition coefficient (Wildman–Crippen LogP) is 1.22. The molecule has 0 aromatic heterocycles. The predicted molar refractivity (Wildman–Crippen MR) is 86.6 cm³/mol. The number of carboxylic acid groups (broad SMARTS) is 1. The minimum atomic E-state index is -3.69. The molecule has 2 N–H and O–H groups in total. The monoisotopic (exact) mass is 382 g/mol. The minimum absolute atomic E-state index is 0. The summed E-state index contributed by atoms with van der Waals surface area (Å²) in [5, 5.41) is 9.09. The van der Waals surface area contributed by atoms with Crippen molar-refractivity contribution >= 4 is 45.9 Å². The number of carboxylic acids is 1. The summed E-state index contributed by atoms with van der Waals surface area (Å²) < 4.78 is 25.7. The Labute approximate surface area is 145 Å². The molecule has 1 aliphatic rings. The van der Waals surface area contributed by atoms with Crippen molar-refractivity contribution in [3.05, 3.63) is 28.8 Å². The number of hydrogen-bond donors (Lipinski definition) is 2.